The normalized spacial score (nSPS) is 17.4. The lowest BCUT2D eigenvalue weighted by molar-refractivity contribution is 0.161. The minimum absolute atomic E-state index is 0.390. The molecule has 0 spiro atoms. The fourth-order valence-electron chi connectivity index (χ4n) is 2.22. The molecule has 88 valence electrons. The van der Waals surface area contributed by atoms with E-state index in [-0.39, 0.29) is 0 Å². The molecule has 0 aliphatic carbocycles. The van der Waals surface area contributed by atoms with E-state index in [0.29, 0.717) is 6.10 Å². The zero-order chi connectivity index (χ0) is 11.5. The molecule has 0 amide bonds. The fourth-order valence-corrected chi connectivity index (χ4v) is 2.22. The summed E-state index contributed by atoms with van der Waals surface area (Å²) in [6.07, 6.45) is 2.62. The quantitative estimate of drug-likeness (QED) is 0.826. The number of hydrogen-bond acceptors (Lipinski definition) is 2. The van der Waals surface area contributed by atoms with Crippen LogP contribution in [0.25, 0.3) is 0 Å². The third kappa shape index (κ3) is 2.56. The predicted octanol–water partition coefficient (Wildman–Crippen LogP) is 2.74. The molecule has 0 atom stereocenters. The lowest BCUT2D eigenvalue weighted by atomic mass is 10.0. The van der Waals surface area contributed by atoms with Crippen LogP contribution in [0, 0.1) is 20.8 Å². The van der Waals surface area contributed by atoms with Crippen molar-refractivity contribution in [3.05, 3.63) is 28.8 Å². The van der Waals surface area contributed by atoms with Gasteiger partial charge in [-0.15, -0.1) is 0 Å². The Balaban J connectivity index is 2.13. The second-order valence-electron chi connectivity index (χ2n) is 4.77. The molecule has 0 radical (unpaired) electrons. The van der Waals surface area contributed by atoms with E-state index in [1.54, 1.807) is 0 Å². The summed E-state index contributed by atoms with van der Waals surface area (Å²) < 4.78 is 6.11. The number of aryl methyl sites for hydroxylation is 2. The van der Waals surface area contributed by atoms with Gasteiger partial charge in [0.15, 0.2) is 0 Å². The van der Waals surface area contributed by atoms with Crippen molar-refractivity contribution in [1.82, 2.24) is 5.32 Å². The Labute approximate surface area is 98.0 Å². The van der Waals surface area contributed by atoms with Gasteiger partial charge in [0, 0.05) is 0 Å². The van der Waals surface area contributed by atoms with Gasteiger partial charge in [-0.2, -0.15) is 0 Å². The topological polar surface area (TPSA) is 21.3 Å². The number of piperidine rings is 1. The van der Waals surface area contributed by atoms with Gasteiger partial charge in [-0.25, -0.2) is 0 Å². The molecular weight excluding hydrogens is 198 g/mol. The molecule has 1 aliphatic heterocycles. The minimum atomic E-state index is 0.390. The maximum absolute atomic E-state index is 6.11. The predicted molar refractivity (Wildman–Crippen MR) is 67.2 cm³/mol. The lowest BCUT2D eigenvalue weighted by Crippen LogP contribution is -2.34. The van der Waals surface area contributed by atoms with E-state index in [2.05, 4.69) is 38.2 Å². The summed E-state index contributed by atoms with van der Waals surface area (Å²) in [6.45, 7) is 8.58. The zero-order valence-electron chi connectivity index (χ0n) is 10.5. The summed E-state index contributed by atoms with van der Waals surface area (Å²) in [4.78, 5) is 0. The van der Waals surface area contributed by atoms with Crippen molar-refractivity contribution in [3.8, 4) is 5.75 Å². The van der Waals surface area contributed by atoms with Crippen molar-refractivity contribution in [2.24, 2.45) is 0 Å². The molecule has 0 bridgehead atoms. The van der Waals surface area contributed by atoms with E-state index in [0.717, 1.165) is 31.7 Å². The first-order chi connectivity index (χ1) is 7.66. The number of rotatable bonds is 2. The van der Waals surface area contributed by atoms with Crippen LogP contribution in [0.4, 0.5) is 0 Å². The molecule has 1 heterocycles. The van der Waals surface area contributed by atoms with E-state index >= 15 is 0 Å². The first kappa shape index (κ1) is 11.5. The number of nitrogens with one attached hydrogen (secondary N) is 1. The second-order valence-corrected chi connectivity index (χ2v) is 4.77. The van der Waals surface area contributed by atoms with Crippen LogP contribution >= 0.6 is 0 Å². The molecule has 1 aromatic rings. The molecule has 1 fully saturated rings. The van der Waals surface area contributed by atoms with Gasteiger partial charge in [-0.1, -0.05) is 6.07 Å². The van der Waals surface area contributed by atoms with Crippen molar-refractivity contribution in [2.75, 3.05) is 13.1 Å². The van der Waals surface area contributed by atoms with Crippen LogP contribution in [-0.4, -0.2) is 19.2 Å². The first-order valence-corrected chi connectivity index (χ1v) is 6.12. The van der Waals surface area contributed by atoms with Crippen molar-refractivity contribution in [2.45, 2.75) is 39.7 Å². The van der Waals surface area contributed by atoms with Crippen LogP contribution in [0.1, 0.15) is 29.5 Å². The van der Waals surface area contributed by atoms with Crippen LogP contribution in [0.2, 0.25) is 0 Å². The molecule has 1 saturated heterocycles. The van der Waals surface area contributed by atoms with E-state index < -0.39 is 0 Å². The zero-order valence-corrected chi connectivity index (χ0v) is 10.5. The Morgan fingerprint density at radius 1 is 1.12 bits per heavy atom. The van der Waals surface area contributed by atoms with E-state index in [1.807, 2.05) is 0 Å². The summed E-state index contributed by atoms with van der Waals surface area (Å²) in [6, 6.07) is 4.37. The third-order valence-corrected chi connectivity index (χ3v) is 3.34. The van der Waals surface area contributed by atoms with Crippen molar-refractivity contribution >= 4 is 0 Å². The van der Waals surface area contributed by atoms with Crippen LogP contribution < -0.4 is 10.1 Å². The minimum Gasteiger partial charge on any atom is -0.490 e. The summed E-state index contributed by atoms with van der Waals surface area (Å²) >= 11 is 0. The number of benzene rings is 1. The molecule has 2 heteroatoms. The molecule has 1 aliphatic rings. The van der Waals surface area contributed by atoms with Gasteiger partial charge in [-0.3, -0.25) is 0 Å². The summed E-state index contributed by atoms with van der Waals surface area (Å²) in [5.41, 5.74) is 3.89. The van der Waals surface area contributed by atoms with Crippen molar-refractivity contribution in [1.29, 1.82) is 0 Å². The SMILES string of the molecule is Cc1cc(C)c(C)c(OC2CCNCC2)c1. The smallest absolute Gasteiger partial charge is 0.123 e. The molecule has 1 aromatic carbocycles. The first-order valence-electron chi connectivity index (χ1n) is 6.12. The monoisotopic (exact) mass is 219 g/mol. The fraction of sp³-hybridized carbons (Fsp3) is 0.571. The molecule has 2 rings (SSSR count). The Morgan fingerprint density at radius 2 is 1.81 bits per heavy atom. The Kier molecular flexibility index (Phi) is 3.49. The molecular formula is C14H21NO. The average Bonchev–Trinajstić information content (AvgIpc) is 2.27. The van der Waals surface area contributed by atoms with Crippen LogP contribution in [-0.2, 0) is 0 Å². The highest BCUT2D eigenvalue weighted by Gasteiger charge is 2.15. The van der Waals surface area contributed by atoms with Gasteiger partial charge in [0.05, 0.1) is 0 Å². The maximum Gasteiger partial charge on any atom is 0.123 e. The van der Waals surface area contributed by atoms with Crippen LogP contribution in [0.3, 0.4) is 0 Å². The van der Waals surface area contributed by atoms with Gasteiger partial charge >= 0.3 is 0 Å². The van der Waals surface area contributed by atoms with Crippen molar-refractivity contribution < 1.29 is 4.74 Å². The molecule has 0 saturated carbocycles. The summed E-state index contributed by atoms with van der Waals surface area (Å²) in [5, 5.41) is 3.36. The highest BCUT2D eigenvalue weighted by molar-refractivity contribution is 5.42. The average molecular weight is 219 g/mol. The Hall–Kier alpha value is -1.02. The largest absolute Gasteiger partial charge is 0.490 e. The summed E-state index contributed by atoms with van der Waals surface area (Å²) in [5.74, 6) is 1.07. The van der Waals surface area contributed by atoms with Gasteiger partial charge < -0.3 is 10.1 Å². The van der Waals surface area contributed by atoms with Crippen LogP contribution in [0.5, 0.6) is 5.75 Å². The summed E-state index contributed by atoms with van der Waals surface area (Å²) in [7, 11) is 0. The van der Waals surface area contributed by atoms with E-state index in [9.17, 15) is 0 Å². The van der Waals surface area contributed by atoms with Gasteiger partial charge in [0.25, 0.3) is 0 Å². The lowest BCUT2D eigenvalue weighted by Gasteiger charge is -2.25. The highest BCUT2D eigenvalue weighted by Crippen LogP contribution is 2.25. The molecule has 1 N–H and O–H groups in total. The molecule has 0 unspecified atom stereocenters. The Morgan fingerprint density at radius 3 is 2.50 bits per heavy atom. The van der Waals surface area contributed by atoms with E-state index in [4.69, 9.17) is 4.74 Å². The molecule has 0 aromatic heterocycles. The van der Waals surface area contributed by atoms with Gasteiger partial charge in [0.2, 0.25) is 0 Å². The van der Waals surface area contributed by atoms with Gasteiger partial charge in [-0.05, 0) is 69.5 Å². The Bertz CT molecular complexity index is 367. The second kappa shape index (κ2) is 4.88. The third-order valence-electron chi connectivity index (χ3n) is 3.34. The van der Waals surface area contributed by atoms with Gasteiger partial charge in [0.1, 0.15) is 11.9 Å². The van der Waals surface area contributed by atoms with Crippen LogP contribution in [0.15, 0.2) is 12.1 Å². The van der Waals surface area contributed by atoms with E-state index in [1.165, 1.54) is 16.7 Å². The van der Waals surface area contributed by atoms with Crippen molar-refractivity contribution in [3.63, 3.8) is 0 Å². The number of hydrogen-bond donors (Lipinski definition) is 1. The molecule has 2 nitrogen and oxygen atoms in total. The highest BCUT2D eigenvalue weighted by atomic mass is 16.5. The number of ether oxygens (including phenoxy) is 1. The standard InChI is InChI=1S/C14H21NO/c1-10-8-11(2)12(3)14(9-10)16-13-4-6-15-7-5-13/h8-9,13,15H,4-7H2,1-3H3. The molecule has 16 heavy (non-hydrogen) atoms. The maximum atomic E-state index is 6.11.